The van der Waals surface area contributed by atoms with E-state index in [-0.39, 0.29) is 0 Å². The molecule has 6 heteroatoms. The molecule has 6 nitrogen and oxygen atoms in total. The van der Waals surface area contributed by atoms with Crippen LogP contribution in [0.1, 0.15) is 31.1 Å². The van der Waals surface area contributed by atoms with Gasteiger partial charge in [-0.05, 0) is 49.2 Å². The lowest BCUT2D eigenvalue weighted by atomic mass is 10.2. The van der Waals surface area contributed by atoms with Gasteiger partial charge in [-0.15, -0.1) is 0 Å². The lowest BCUT2D eigenvalue weighted by Crippen LogP contribution is -2.47. The molecule has 0 saturated carbocycles. The number of rotatable bonds is 7. The van der Waals surface area contributed by atoms with Gasteiger partial charge in [0.2, 0.25) is 0 Å². The van der Waals surface area contributed by atoms with Crippen molar-refractivity contribution in [3.05, 3.63) is 60.2 Å². The maximum atomic E-state index is 12.1. The molecule has 1 unspecified atom stereocenters. The van der Waals surface area contributed by atoms with Crippen molar-refractivity contribution in [1.29, 1.82) is 0 Å². The molecule has 0 spiro atoms. The maximum Gasteiger partial charge on any atom is 0.279 e. The highest BCUT2D eigenvalue weighted by atomic mass is 16.5. The van der Waals surface area contributed by atoms with Gasteiger partial charge in [0.05, 0.1) is 6.61 Å². The van der Waals surface area contributed by atoms with E-state index < -0.39 is 17.9 Å². The largest absolute Gasteiger partial charge is 0.493 e. The number of para-hydroxylation sites is 1. The van der Waals surface area contributed by atoms with Gasteiger partial charge >= 0.3 is 0 Å². The van der Waals surface area contributed by atoms with Crippen LogP contribution in [-0.2, 0) is 4.79 Å². The Morgan fingerprint density at radius 1 is 0.885 bits per heavy atom. The molecule has 2 N–H and O–H groups in total. The summed E-state index contributed by atoms with van der Waals surface area (Å²) in [5, 5.41) is 0. The number of carbonyl (C=O) groups is 2. The maximum absolute atomic E-state index is 12.1. The molecule has 26 heavy (non-hydrogen) atoms. The van der Waals surface area contributed by atoms with Gasteiger partial charge in [0, 0.05) is 5.56 Å². The molecule has 0 aliphatic heterocycles. The van der Waals surface area contributed by atoms with E-state index in [4.69, 9.17) is 9.47 Å². The molecule has 2 aromatic rings. The van der Waals surface area contributed by atoms with Crippen LogP contribution in [0.4, 0.5) is 0 Å². The quantitative estimate of drug-likeness (QED) is 0.748. The summed E-state index contributed by atoms with van der Waals surface area (Å²) < 4.78 is 11.1. The number of hydrogen-bond donors (Lipinski definition) is 2. The van der Waals surface area contributed by atoms with E-state index >= 15 is 0 Å². The lowest BCUT2D eigenvalue weighted by molar-refractivity contribution is -0.128. The summed E-state index contributed by atoms with van der Waals surface area (Å²) in [5.74, 6) is 0.843. The number of ether oxygens (including phenoxy) is 2. The van der Waals surface area contributed by atoms with E-state index in [2.05, 4.69) is 24.7 Å². The number of hydrazine groups is 1. The van der Waals surface area contributed by atoms with Crippen molar-refractivity contribution >= 4 is 11.8 Å². The summed E-state index contributed by atoms with van der Waals surface area (Å²) in [6, 6.07) is 15.7. The highest BCUT2D eigenvalue weighted by Crippen LogP contribution is 2.13. The van der Waals surface area contributed by atoms with E-state index in [1.807, 2.05) is 18.2 Å². The van der Waals surface area contributed by atoms with Crippen molar-refractivity contribution in [1.82, 2.24) is 10.9 Å². The van der Waals surface area contributed by atoms with Gasteiger partial charge in [-0.1, -0.05) is 32.0 Å². The van der Waals surface area contributed by atoms with Crippen molar-refractivity contribution < 1.29 is 19.1 Å². The fourth-order valence-electron chi connectivity index (χ4n) is 2.01. The Hall–Kier alpha value is -3.02. The number of nitrogens with one attached hydrogen (secondary N) is 2. The SMILES string of the molecule is CC(C)COc1ccc(C(=O)NNC(=O)C(C)Oc2ccccc2)cc1. The summed E-state index contributed by atoms with van der Waals surface area (Å²) in [4.78, 5) is 24.1. The average molecular weight is 356 g/mol. The Bertz CT molecular complexity index is 714. The minimum Gasteiger partial charge on any atom is -0.493 e. The number of benzene rings is 2. The van der Waals surface area contributed by atoms with Gasteiger partial charge in [-0.25, -0.2) is 0 Å². The fraction of sp³-hybridized carbons (Fsp3) is 0.300. The van der Waals surface area contributed by atoms with E-state index in [0.29, 0.717) is 29.6 Å². The molecule has 0 heterocycles. The molecule has 0 aromatic heterocycles. The van der Waals surface area contributed by atoms with E-state index in [1.54, 1.807) is 43.3 Å². The summed E-state index contributed by atoms with van der Waals surface area (Å²) in [7, 11) is 0. The molecule has 2 aromatic carbocycles. The molecular formula is C20H24N2O4. The van der Waals surface area contributed by atoms with Crippen LogP contribution in [-0.4, -0.2) is 24.5 Å². The van der Waals surface area contributed by atoms with Gasteiger partial charge in [0.15, 0.2) is 6.10 Å². The second-order valence-electron chi connectivity index (χ2n) is 6.25. The summed E-state index contributed by atoms with van der Waals surface area (Å²) in [5.41, 5.74) is 5.15. The third-order valence-corrected chi connectivity index (χ3v) is 3.42. The molecule has 2 rings (SSSR count). The average Bonchev–Trinajstić information content (AvgIpc) is 2.65. The van der Waals surface area contributed by atoms with Crippen LogP contribution in [0, 0.1) is 5.92 Å². The third kappa shape index (κ3) is 6.12. The van der Waals surface area contributed by atoms with Gasteiger partial charge < -0.3 is 9.47 Å². The molecule has 138 valence electrons. The summed E-state index contributed by atoms with van der Waals surface area (Å²) in [6.45, 7) is 6.34. The van der Waals surface area contributed by atoms with Crippen LogP contribution in [0.25, 0.3) is 0 Å². The van der Waals surface area contributed by atoms with Crippen LogP contribution >= 0.6 is 0 Å². The van der Waals surface area contributed by atoms with E-state index in [9.17, 15) is 9.59 Å². The Balaban J connectivity index is 1.80. The first kappa shape index (κ1) is 19.3. The zero-order chi connectivity index (χ0) is 18.9. The van der Waals surface area contributed by atoms with Crippen LogP contribution in [0.5, 0.6) is 11.5 Å². The van der Waals surface area contributed by atoms with Gasteiger partial charge in [0.25, 0.3) is 11.8 Å². The lowest BCUT2D eigenvalue weighted by Gasteiger charge is -2.15. The first-order valence-electron chi connectivity index (χ1n) is 8.50. The number of hydrogen-bond acceptors (Lipinski definition) is 4. The molecule has 0 saturated heterocycles. The molecule has 0 radical (unpaired) electrons. The van der Waals surface area contributed by atoms with Crippen LogP contribution < -0.4 is 20.3 Å². The Labute approximate surface area is 153 Å². The number of carbonyl (C=O) groups excluding carboxylic acids is 2. The highest BCUT2D eigenvalue weighted by molar-refractivity contribution is 5.95. The minimum atomic E-state index is -0.746. The van der Waals surface area contributed by atoms with Gasteiger partial charge in [-0.3, -0.25) is 20.4 Å². The standard InChI is InChI=1S/C20H24N2O4/c1-14(2)13-25-17-11-9-16(10-12-17)20(24)22-21-19(23)15(3)26-18-7-5-4-6-8-18/h4-12,14-15H,13H2,1-3H3,(H,21,23)(H,22,24). The fourth-order valence-corrected chi connectivity index (χ4v) is 2.01. The second kappa shape index (κ2) is 9.46. The van der Waals surface area contributed by atoms with Crippen molar-refractivity contribution in [3.8, 4) is 11.5 Å². The molecule has 0 bridgehead atoms. The molecule has 0 fully saturated rings. The van der Waals surface area contributed by atoms with Gasteiger partial charge in [0.1, 0.15) is 11.5 Å². The Morgan fingerprint density at radius 2 is 1.54 bits per heavy atom. The predicted molar refractivity (Wildman–Crippen MR) is 98.9 cm³/mol. The Morgan fingerprint density at radius 3 is 2.15 bits per heavy atom. The van der Waals surface area contributed by atoms with Crippen molar-refractivity contribution in [2.24, 2.45) is 5.92 Å². The van der Waals surface area contributed by atoms with E-state index in [0.717, 1.165) is 0 Å². The van der Waals surface area contributed by atoms with Crippen LogP contribution in [0.3, 0.4) is 0 Å². The first-order chi connectivity index (χ1) is 12.5. The number of amides is 2. The molecule has 1 atom stereocenters. The van der Waals surface area contributed by atoms with Gasteiger partial charge in [-0.2, -0.15) is 0 Å². The normalized spacial score (nSPS) is 11.5. The van der Waals surface area contributed by atoms with Crippen LogP contribution in [0.15, 0.2) is 54.6 Å². The Kier molecular flexibility index (Phi) is 7.02. The summed E-state index contributed by atoms with van der Waals surface area (Å²) in [6.07, 6.45) is -0.746. The zero-order valence-electron chi connectivity index (χ0n) is 15.2. The molecular weight excluding hydrogens is 332 g/mol. The topological polar surface area (TPSA) is 76.7 Å². The highest BCUT2D eigenvalue weighted by Gasteiger charge is 2.15. The molecule has 2 amide bonds. The second-order valence-corrected chi connectivity index (χ2v) is 6.25. The molecule has 0 aliphatic carbocycles. The van der Waals surface area contributed by atoms with Crippen molar-refractivity contribution in [2.45, 2.75) is 26.9 Å². The zero-order valence-corrected chi connectivity index (χ0v) is 15.2. The monoisotopic (exact) mass is 356 g/mol. The predicted octanol–water partition coefficient (Wildman–Crippen LogP) is 2.95. The third-order valence-electron chi connectivity index (χ3n) is 3.42. The first-order valence-corrected chi connectivity index (χ1v) is 8.50. The molecule has 0 aliphatic rings. The minimum absolute atomic E-state index is 0.416. The van der Waals surface area contributed by atoms with Crippen LogP contribution in [0.2, 0.25) is 0 Å². The summed E-state index contributed by atoms with van der Waals surface area (Å²) >= 11 is 0. The van der Waals surface area contributed by atoms with E-state index in [1.165, 1.54) is 0 Å². The van der Waals surface area contributed by atoms with Crippen molar-refractivity contribution in [2.75, 3.05) is 6.61 Å². The van der Waals surface area contributed by atoms with Crippen molar-refractivity contribution in [3.63, 3.8) is 0 Å². The smallest absolute Gasteiger partial charge is 0.279 e.